The van der Waals surface area contributed by atoms with Gasteiger partial charge in [-0.2, -0.15) is 0 Å². The molecule has 0 bridgehead atoms. The monoisotopic (exact) mass is 392 g/mol. The van der Waals surface area contributed by atoms with Crippen LogP contribution in [0.5, 0.6) is 0 Å². The summed E-state index contributed by atoms with van der Waals surface area (Å²) in [6.07, 6.45) is 3.64. The van der Waals surface area contributed by atoms with Gasteiger partial charge in [-0.15, -0.1) is 0 Å². The zero-order chi connectivity index (χ0) is 19.5. The summed E-state index contributed by atoms with van der Waals surface area (Å²) < 4.78 is 0. The Morgan fingerprint density at radius 3 is 2.61 bits per heavy atom. The minimum Gasteiger partial charge on any atom is -0.368 e. The first-order chi connectivity index (χ1) is 13.6. The number of benzene rings is 2. The first kappa shape index (κ1) is 18.4. The Bertz CT molecular complexity index is 976. The molecule has 1 unspecified atom stereocenters. The Morgan fingerprint density at radius 2 is 1.86 bits per heavy atom. The lowest BCUT2D eigenvalue weighted by Gasteiger charge is -2.33. The topological polar surface area (TPSA) is 72.1 Å². The molecule has 142 valence electrons. The molecular formula is C22H21ClN4O. The normalized spacial score (nSPS) is 16.8. The highest BCUT2D eigenvalue weighted by molar-refractivity contribution is 6.30. The fraction of sp³-hybridized carbons (Fsp3) is 0.227. The van der Waals surface area contributed by atoms with Crippen molar-refractivity contribution in [1.29, 1.82) is 0 Å². The van der Waals surface area contributed by atoms with Crippen LogP contribution in [0.3, 0.4) is 0 Å². The molecule has 1 aliphatic rings. The number of carbonyl (C=O) groups excluding carboxylic acids is 1. The molecule has 6 heteroatoms. The highest BCUT2D eigenvalue weighted by atomic mass is 35.5. The molecule has 1 atom stereocenters. The van der Waals surface area contributed by atoms with Crippen LogP contribution in [0.25, 0.3) is 11.1 Å². The number of amides is 1. The highest BCUT2D eigenvalue weighted by Gasteiger charge is 2.28. The number of hydrogen-bond donors (Lipinski definition) is 1. The van der Waals surface area contributed by atoms with E-state index in [-0.39, 0.29) is 17.8 Å². The summed E-state index contributed by atoms with van der Waals surface area (Å²) in [5.41, 5.74) is 9.43. The number of piperidine rings is 1. The van der Waals surface area contributed by atoms with Crippen molar-refractivity contribution in [2.45, 2.75) is 18.8 Å². The lowest BCUT2D eigenvalue weighted by molar-refractivity contribution is 0.0706. The van der Waals surface area contributed by atoms with Crippen molar-refractivity contribution in [2.75, 3.05) is 18.8 Å². The quantitative estimate of drug-likeness (QED) is 0.717. The van der Waals surface area contributed by atoms with Gasteiger partial charge in [-0.3, -0.25) is 4.79 Å². The van der Waals surface area contributed by atoms with E-state index < -0.39 is 0 Å². The van der Waals surface area contributed by atoms with E-state index in [1.165, 1.54) is 0 Å². The van der Waals surface area contributed by atoms with Crippen LogP contribution < -0.4 is 5.73 Å². The van der Waals surface area contributed by atoms with Gasteiger partial charge in [0.25, 0.3) is 5.91 Å². The van der Waals surface area contributed by atoms with Crippen molar-refractivity contribution in [3.63, 3.8) is 0 Å². The highest BCUT2D eigenvalue weighted by Crippen LogP contribution is 2.34. The summed E-state index contributed by atoms with van der Waals surface area (Å²) in [5.74, 6) is 0.414. The van der Waals surface area contributed by atoms with Gasteiger partial charge in [0.2, 0.25) is 5.95 Å². The average molecular weight is 393 g/mol. The fourth-order valence-electron chi connectivity index (χ4n) is 3.72. The minimum absolute atomic E-state index is 0.0559. The lowest BCUT2D eigenvalue weighted by Crippen LogP contribution is -2.39. The Balaban J connectivity index is 1.64. The average Bonchev–Trinajstić information content (AvgIpc) is 2.74. The third kappa shape index (κ3) is 3.85. The number of nitrogens with zero attached hydrogens (tertiary/aromatic N) is 3. The molecule has 0 spiro atoms. The van der Waals surface area contributed by atoms with Crippen molar-refractivity contribution < 1.29 is 4.79 Å². The van der Waals surface area contributed by atoms with Crippen molar-refractivity contribution in [2.24, 2.45) is 0 Å². The van der Waals surface area contributed by atoms with Crippen molar-refractivity contribution in [3.8, 4) is 11.1 Å². The molecule has 0 radical (unpaired) electrons. The zero-order valence-electron chi connectivity index (χ0n) is 15.4. The van der Waals surface area contributed by atoms with Gasteiger partial charge in [-0.05, 0) is 42.7 Å². The maximum Gasteiger partial charge on any atom is 0.253 e. The van der Waals surface area contributed by atoms with E-state index in [2.05, 4.69) is 9.97 Å². The molecule has 2 aromatic carbocycles. The van der Waals surface area contributed by atoms with E-state index in [0.717, 1.165) is 36.2 Å². The largest absolute Gasteiger partial charge is 0.368 e. The summed E-state index contributed by atoms with van der Waals surface area (Å²) in [4.78, 5) is 23.5. The SMILES string of the molecule is Nc1ncc(-c2ccc(Cl)cc2)c(C2CCCN(C(=O)c3ccccc3)C2)n1. The zero-order valence-corrected chi connectivity index (χ0v) is 16.1. The standard InChI is InChI=1S/C22H21ClN4O/c23-18-10-8-15(9-11-18)19-13-25-22(24)26-20(19)17-7-4-12-27(14-17)21(28)16-5-2-1-3-6-16/h1-3,5-6,8-11,13,17H,4,7,12,14H2,(H2,24,25,26). The number of halogens is 1. The summed E-state index contributed by atoms with van der Waals surface area (Å²) in [6, 6.07) is 17.0. The second-order valence-corrected chi connectivity index (χ2v) is 7.43. The van der Waals surface area contributed by atoms with E-state index in [1.807, 2.05) is 59.5 Å². The molecule has 2 heterocycles. The maximum atomic E-state index is 12.9. The van der Waals surface area contributed by atoms with E-state index in [9.17, 15) is 4.79 Å². The van der Waals surface area contributed by atoms with Crippen LogP contribution >= 0.6 is 11.6 Å². The predicted octanol–water partition coefficient (Wildman–Crippen LogP) is 4.40. The Labute approximate surface area is 169 Å². The molecular weight excluding hydrogens is 372 g/mol. The molecule has 4 rings (SSSR count). The summed E-state index contributed by atoms with van der Waals surface area (Å²) in [6.45, 7) is 1.37. The lowest BCUT2D eigenvalue weighted by atomic mass is 9.89. The van der Waals surface area contributed by atoms with Crippen LogP contribution in [0.4, 0.5) is 5.95 Å². The summed E-state index contributed by atoms with van der Waals surface area (Å²) >= 11 is 6.03. The van der Waals surface area contributed by atoms with E-state index in [4.69, 9.17) is 17.3 Å². The molecule has 3 aromatic rings. The third-order valence-corrected chi connectivity index (χ3v) is 5.36. The molecule has 1 aliphatic heterocycles. The first-order valence-electron chi connectivity index (χ1n) is 9.34. The van der Waals surface area contributed by atoms with Gasteiger partial charge in [-0.1, -0.05) is 41.9 Å². The summed E-state index contributed by atoms with van der Waals surface area (Å²) in [5, 5.41) is 0.680. The fourth-order valence-corrected chi connectivity index (χ4v) is 3.85. The smallest absolute Gasteiger partial charge is 0.253 e. The molecule has 1 saturated heterocycles. The van der Waals surface area contributed by atoms with E-state index in [0.29, 0.717) is 17.1 Å². The molecule has 5 nitrogen and oxygen atoms in total. The Morgan fingerprint density at radius 1 is 1.11 bits per heavy atom. The molecule has 1 aromatic heterocycles. The predicted molar refractivity (Wildman–Crippen MR) is 111 cm³/mol. The van der Waals surface area contributed by atoms with Gasteiger partial charge in [0, 0.05) is 41.4 Å². The second kappa shape index (κ2) is 7.98. The second-order valence-electron chi connectivity index (χ2n) is 6.99. The van der Waals surface area contributed by atoms with Crippen LogP contribution in [0.15, 0.2) is 60.8 Å². The van der Waals surface area contributed by atoms with Crippen LogP contribution in [-0.2, 0) is 0 Å². The van der Waals surface area contributed by atoms with Gasteiger partial charge >= 0.3 is 0 Å². The van der Waals surface area contributed by atoms with Crippen LogP contribution in [0, 0.1) is 0 Å². The van der Waals surface area contributed by atoms with Gasteiger partial charge in [0.1, 0.15) is 0 Å². The van der Waals surface area contributed by atoms with E-state index in [1.54, 1.807) is 6.20 Å². The van der Waals surface area contributed by atoms with Gasteiger partial charge in [0.05, 0.1) is 5.69 Å². The minimum atomic E-state index is 0.0559. The molecule has 0 aliphatic carbocycles. The molecule has 2 N–H and O–H groups in total. The number of anilines is 1. The number of likely N-dealkylation sites (tertiary alicyclic amines) is 1. The molecule has 1 fully saturated rings. The molecule has 0 saturated carbocycles. The van der Waals surface area contributed by atoms with Crippen molar-refractivity contribution >= 4 is 23.5 Å². The number of hydrogen-bond acceptors (Lipinski definition) is 4. The van der Waals surface area contributed by atoms with Gasteiger partial charge < -0.3 is 10.6 Å². The van der Waals surface area contributed by atoms with Crippen molar-refractivity contribution in [1.82, 2.24) is 14.9 Å². The maximum absolute atomic E-state index is 12.9. The number of carbonyl (C=O) groups is 1. The number of nitrogens with two attached hydrogens (primary N) is 1. The van der Waals surface area contributed by atoms with Gasteiger partial charge in [-0.25, -0.2) is 9.97 Å². The van der Waals surface area contributed by atoms with Crippen LogP contribution in [0.2, 0.25) is 5.02 Å². The molecule has 28 heavy (non-hydrogen) atoms. The Hall–Kier alpha value is -2.92. The van der Waals surface area contributed by atoms with Crippen LogP contribution in [0.1, 0.15) is 34.8 Å². The number of rotatable bonds is 3. The number of aromatic nitrogens is 2. The first-order valence-corrected chi connectivity index (χ1v) is 9.72. The summed E-state index contributed by atoms with van der Waals surface area (Å²) in [7, 11) is 0. The Kier molecular flexibility index (Phi) is 5.26. The third-order valence-electron chi connectivity index (χ3n) is 5.11. The van der Waals surface area contributed by atoms with Gasteiger partial charge in [0.15, 0.2) is 0 Å². The van der Waals surface area contributed by atoms with Crippen molar-refractivity contribution in [3.05, 3.63) is 77.1 Å². The molecule has 1 amide bonds. The van der Waals surface area contributed by atoms with E-state index >= 15 is 0 Å². The van der Waals surface area contributed by atoms with Crippen LogP contribution in [-0.4, -0.2) is 33.9 Å². The number of nitrogen functional groups attached to an aromatic ring is 1.